The molecule has 2 aromatic heterocycles. The number of rotatable bonds is 2. The number of fused-ring (bicyclic) bond motifs is 3. The summed E-state index contributed by atoms with van der Waals surface area (Å²) in [5, 5.41) is 2.20. The summed E-state index contributed by atoms with van der Waals surface area (Å²) in [7, 11) is 0. The van der Waals surface area contributed by atoms with Gasteiger partial charge in [-0.1, -0.05) is 12.1 Å². The number of nitrogens with zero attached hydrogens (tertiary/aromatic N) is 3. The van der Waals surface area contributed by atoms with Crippen molar-refractivity contribution >= 4 is 27.8 Å². The molecule has 0 bridgehead atoms. The molecule has 0 saturated carbocycles. The van der Waals surface area contributed by atoms with Crippen molar-refractivity contribution in [3.05, 3.63) is 47.9 Å². The summed E-state index contributed by atoms with van der Waals surface area (Å²) in [5.41, 5.74) is 4.95. The first kappa shape index (κ1) is 15.1. The van der Waals surface area contributed by atoms with E-state index in [-0.39, 0.29) is 6.17 Å². The highest BCUT2D eigenvalue weighted by Gasteiger charge is 2.28. The zero-order valence-electron chi connectivity index (χ0n) is 14.9. The third-order valence-electron chi connectivity index (χ3n) is 4.91. The number of pyridine rings is 1. The van der Waals surface area contributed by atoms with Crippen LogP contribution in [0.5, 0.6) is 0 Å². The van der Waals surface area contributed by atoms with Gasteiger partial charge in [-0.2, -0.15) is 0 Å². The average Bonchev–Trinajstić information content (AvgIpc) is 3.07. The summed E-state index contributed by atoms with van der Waals surface area (Å²) < 4.78 is 6.20. The molecular weight excluding hydrogens is 298 g/mol. The van der Waals surface area contributed by atoms with Crippen LogP contribution in [0.25, 0.3) is 22.1 Å². The molecule has 24 heavy (non-hydrogen) atoms. The number of benzene rings is 1. The summed E-state index contributed by atoms with van der Waals surface area (Å²) in [6.07, 6.45) is 4.58. The molecule has 3 heterocycles. The topological polar surface area (TPSA) is 32.5 Å². The van der Waals surface area contributed by atoms with Gasteiger partial charge in [-0.15, -0.1) is 0 Å². The highest BCUT2D eigenvalue weighted by Crippen LogP contribution is 2.39. The van der Waals surface area contributed by atoms with Crippen molar-refractivity contribution in [1.82, 2.24) is 9.88 Å². The lowest BCUT2D eigenvalue weighted by atomic mass is 10.1. The third kappa shape index (κ3) is 2.09. The largest absolute Gasteiger partial charge is 0.435 e. The van der Waals surface area contributed by atoms with Crippen molar-refractivity contribution in [2.45, 2.75) is 46.8 Å². The first-order valence-corrected chi connectivity index (χ1v) is 8.51. The molecule has 124 valence electrons. The van der Waals surface area contributed by atoms with E-state index in [4.69, 9.17) is 4.42 Å². The second-order valence-electron chi connectivity index (χ2n) is 6.89. The van der Waals surface area contributed by atoms with Crippen LogP contribution in [0.3, 0.4) is 0 Å². The maximum atomic E-state index is 6.20. The van der Waals surface area contributed by atoms with Crippen LogP contribution in [0, 0.1) is 13.8 Å². The molecule has 4 nitrogen and oxygen atoms in total. The van der Waals surface area contributed by atoms with E-state index in [0.717, 1.165) is 27.7 Å². The number of furan rings is 1. The third-order valence-corrected chi connectivity index (χ3v) is 4.91. The SMILES string of the molecule is Cc1ccc2c(n1)oc1c(N3C=CN(C(C)C)C3C)c(C)ccc12. The van der Waals surface area contributed by atoms with Crippen molar-refractivity contribution in [2.24, 2.45) is 0 Å². The van der Waals surface area contributed by atoms with Crippen molar-refractivity contribution < 1.29 is 4.42 Å². The highest BCUT2D eigenvalue weighted by atomic mass is 16.3. The van der Waals surface area contributed by atoms with Gasteiger partial charge >= 0.3 is 0 Å². The Labute approximate surface area is 142 Å². The number of aromatic nitrogens is 1. The predicted octanol–water partition coefficient (Wildman–Crippen LogP) is 4.95. The van der Waals surface area contributed by atoms with Crippen LogP contribution in [0.1, 0.15) is 32.0 Å². The summed E-state index contributed by atoms with van der Waals surface area (Å²) in [4.78, 5) is 9.21. The summed E-state index contributed by atoms with van der Waals surface area (Å²) in [5.74, 6) is 0. The van der Waals surface area contributed by atoms with E-state index in [1.54, 1.807) is 0 Å². The number of hydrogen-bond donors (Lipinski definition) is 0. The molecule has 1 aromatic carbocycles. The van der Waals surface area contributed by atoms with Crippen LogP contribution in [0.2, 0.25) is 0 Å². The van der Waals surface area contributed by atoms with Crippen molar-refractivity contribution in [3.63, 3.8) is 0 Å². The van der Waals surface area contributed by atoms with Gasteiger partial charge in [0, 0.05) is 34.9 Å². The normalized spacial score (nSPS) is 17.8. The Bertz CT molecular complexity index is 954. The lowest BCUT2D eigenvalue weighted by Gasteiger charge is -2.33. The van der Waals surface area contributed by atoms with Crippen molar-refractivity contribution in [1.29, 1.82) is 0 Å². The Morgan fingerprint density at radius 1 is 1.04 bits per heavy atom. The zero-order valence-corrected chi connectivity index (χ0v) is 14.9. The van der Waals surface area contributed by atoms with E-state index >= 15 is 0 Å². The smallest absolute Gasteiger partial charge is 0.227 e. The molecule has 1 unspecified atom stereocenters. The van der Waals surface area contributed by atoms with Gasteiger partial charge in [0.25, 0.3) is 0 Å². The van der Waals surface area contributed by atoms with Crippen LogP contribution in [-0.4, -0.2) is 22.1 Å². The molecule has 0 aliphatic carbocycles. The van der Waals surface area contributed by atoms with Gasteiger partial charge in [0.05, 0.1) is 5.69 Å². The molecule has 1 atom stereocenters. The molecule has 1 aliphatic rings. The monoisotopic (exact) mass is 321 g/mol. The molecular formula is C20H23N3O. The molecule has 4 rings (SSSR count). The molecule has 0 N–H and O–H groups in total. The minimum absolute atomic E-state index is 0.261. The summed E-state index contributed by atoms with van der Waals surface area (Å²) >= 11 is 0. The Hall–Kier alpha value is -2.49. The number of hydrogen-bond acceptors (Lipinski definition) is 4. The highest BCUT2D eigenvalue weighted by molar-refractivity contribution is 6.08. The van der Waals surface area contributed by atoms with Gasteiger partial charge in [-0.3, -0.25) is 0 Å². The fourth-order valence-electron chi connectivity index (χ4n) is 3.62. The summed E-state index contributed by atoms with van der Waals surface area (Å²) in [6.45, 7) is 10.8. The Morgan fingerprint density at radius 3 is 2.50 bits per heavy atom. The minimum atomic E-state index is 0.261. The van der Waals surface area contributed by atoms with Gasteiger partial charge in [-0.05, 0) is 52.3 Å². The molecule has 1 aliphatic heterocycles. The second-order valence-corrected chi connectivity index (χ2v) is 6.89. The maximum Gasteiger partial charge on any atom is 0.227 e. The fraction of sp³-hybridized carbons (Fsp3) is 0.350. The molecule has 0 fully saturated rings. The minimum Gasteiger partial charge on any atom is -0.435 e. The maximum absolute atomic E-state index is 6.20. The van der Waals surface area contributed by atoms with Crippen LogP contribution in [0.15, 0.2) is 41.1 Å². The standard InChI is InChI=1S/C20H23N3O/c1-12(2)22-10-11-23(15(22)5)18-13(3)6-8-16-17-9-7-14(4)21-20(17)24-19(16)18/h6-12,15H,1-5H3. The second kappa shape index (κ2) is 5.26. The van der Waals surface area contributed by atoms with E-state index in [0.29, 0.717) is 11.8 Å². The van der Waals surface area contributed by atoms with E-state index in [1.165, 1.54) is 5.56 Å². The van der Waals surface area contributed by atoms with Crippen LogP contribution in [0.4, 0.5) is 5.69 Å². The van der Waals surface area contributed by atoms with Gasteiger partial charge in [0.15, 0.2) is 5.58 Å². The molecule has 0 spiro atoms. The lowest BCUT2D eigenvalue weighted by molar-refractivity contribution is 0.263. The summed E-state index contributed by atoms with van der Waals surface area (Å²) in [6, 6.07) is 8.91. The van der Waals surface area contributed by atoms with Crippen LogP contribution < -0.4 is 4.90 Å². The molecule has 0 radical (unpaired) electrons. The van der Waals surface area contributed by atoms with E-state index < -0.39 is 0 Å². The first-order chi connectivity index (χ1) is 11.5. The van der Waals surface area contributed by atoms with Crippen molar-refractivity contribution in [2.75, 3.05) is 4.90 Å². The molecule has 3 aromatic rings. The molecule has 0 amide bonds. The van der Waals surface area contributed by atoms with E-state index in [9.17, 15) is 0 Å². The van der Waals surface area contributed by atoms with Gasteiger partial charge in [0.1, 0.15) is 6.17 Å². The average molecular weight is 321 g/mol. The van der Waals surface area contributed by atoms with Crippen LogP contribution in [-0.2, 0) is 0 Å². The molecule has 4 heteroatoms. The zero-order chi connectivity index (χ0) is 17.0. The lowest BCUT2D eigenvalue weighted by Crippen LogP contribution is -2.39. The van der Waals surface area contributed by atoms with Gasteiger partial charge in [0.2, 0.25) is 5.71 Å². The Morgan fingerprint density at radius 2 is 1.79 bits per heavy atom. The Kier molecular flexibility index (Phi) is 3.30. The quantitative estimate of drug-likeness (QED) is 0.669. The number of anilines is 1. The van der Waals surface area contributed by atoms with E-state index in [2.05, 4.69) is 73.1 Å². The first-order valence-electron chi connectivity index (χ1n) is 8.51. The predicted molar refractivity (Wildman–Crippen MR) is 99.0 cm³/mol. The Balaban J connectivity index is 1.94. The molecule has 0 saturated heterocycles. The van der Waals surface area contributed by atoms with Crippen LogP contribution >= 0.6 is 0 Å². The van der Waals surface area contributed by atoms with Gasteiger partial charge in [-0.25, -0.2) is 4.98 Å². The van der Waals surface area contributed by atoms with Crippen molar-refractivity contribution in [3.8, 4) is 0 Å². The fourth-order valence-corrected chi connectivity index (χ4v) is 3.62. The number of aryl methyl sites for hydroxylation is 2. The van der Waals surface area contributed by atoms with Gasteiger partial charge < -0.3 is 14.2 Å². The van der Waals surface area contributed by atoms with E-state index in [1.807, 2.05) is 13.0 Å².